The van der Waals surface area contributed by atoms with E-state index in [1.54, 1.807) is 30.6 Å². The van der Waals surface area contributed by atoms with Crippen LogP contribution in [0.3, 0.4) is 0 Å². The first-order valence-electron chi connectivity index (χ1n) is 5.73. The van der Waals surface area contributed by atoms with Gasteiger partial charge in [0.15, 0.2) is 0 Å². The van der Waals surface area contributed by atoms with Gasteiger partial charge >= 0.3 is 0 Å². The first kappa shape index (κ1) is 13.4. The van der Waals surface area contributed by atoms with Gasteiger partial charge in [-0.05, 0) is 29.8 Å². The van der Waals surface area contributed by atoms with E-state index >= 15 is 0 Å². The highest BCUT2D eigenvalue weighted by Crippen LogP contribution is 2.16. The molecule has 2 N–H and O–H groups in total. The lowest BCUT2D eigenvalue weighted by Gasteiger charge is -2.09. The third kappa shape index (κ3) is 4.59. The molecule has 5 nitrogen and oxygen atoms in total. The summed E-state index contributed by atoms with van der Waals surface area (Å²) >= 11 is 0. The van der Waals surface area contributed by atoms with E-state index < -0.39 is 10.0 Å². The zero-order chi connectivity index (χ0) is 13.7. The fourth-order valence-corrected chi connectivity index (χ4v) is 2.17. The molecule has 0 unspecified atom stereocenters. The van der Waals surface area contributed by atoms with E-state index in [1.807, 2.05) is 18.2 Å². The summed E-state index contributed by atoms with van der Waals surface area (Å²) in [5.41, 5.74) is 2.44. The smallest absolute Gasteiger partial charge is 0.229 e. The Morgan fingerprint density at radius 2 is 1.95 bits per heavy atom. The predicted molar refractivity (Wildman–Crippen MR) is 76.5 cm³/mol. The molecule has 0 saturated carbocycles. The number of sulfonamides is 1. The summed E-state index contributed by atoms with van der Waals surface area (Å²) in [5, 5.41) is 3.21. The molecule has 0 aliphatic carbocycles. The molecular formula is C13H15N3O2S. The Labute approximate surface area is 112 Å². The second-order valence-corrected chi connectivity index (χ2v) is 5.92. The number of hydrogen-bond donors (Lipinski definition) is 2. The van der Waals surface area contributed by atoms with Gasteiger partial charge in [0, 0.05) is 24.6 Å². The lowest BCUT2D eigenvalue weighted by Crippen LogP contribution is -2.09. The van der Waals surface area contributed by atoms with E-state index in [0.717, 1.165) is 17.5 Å². The summed E-state index contributed by atoms with van der Waals surface area (Å²) in [7, 11) is -3.25. The molecule has 1 aromatic carbocycles. The first-order chi connectivity index (χ1) is 9.03. The minimum absolute atomic E-state index is 0.540. The van der Waals surface area contributed by atoms with E-state index in [2.05, 4.69) is 15.0 Å². The number of rotatable bonds is 5. The van der Waals surface area contributed by atoms with Gasteiger partial charge in [-0.3, -0.25) is 9.71 Å². The molecule has 0 bridgehead atoms. The maximum Gasteiger partial charge on any atom is 0.229 e. The number of nitrogens with one attached hydrogen (secondary N) is 2. The molecule has 0 fully saturated rings. The van der Waals surface area contributed by atoms with Crippen molar-refractivity contribution in [3.8, 4) is 0 Å². The van der Waals surface area contributed by atoms with Crippen molar-refractivity contribution < 1.29 is 8.42 Å². The van der Waals surface area contributed by atoms with Gasteiger partial charge in [0.05, 0.1) is 11.9 Å². The fourth-order valence-electron chi connectivity index (χ4n) is 1.61. The van der Waals surface area contributed by atoms with Gasteiger partial charge in [-0.2, -0.15) is 0 Å². The third-order valence-electron chi connectivity index (χ3n) is 2.39. The topological polar surface area (TPSA) is 71.1 Å². The minimum atomic E-state index is -3.25. The van der Waals surface area contributed by atoms with Crippen molar-refractivity contribution >= 4 is 21.4 Å². The van der Waals surface area contributed by atoms with Crippen LogP contribution >= 0.6 is 0 Å². The van der Waals surface area contributed by atoms with Gasteiger partial charge in [0.2, 0.25) is 10.0 Å². The zero-order valence-electron chi connectivity index (χ0n) is 10.5. The van der Waals surface area contributed by atoms with Gasteiger partial charge < -0.3 is 5.32 Å². The van der Waals surface area contributed by atoms with Crippen LogP contribution in [0.15, 0.2) is 48.8 Å². The van der Waals surface area contributed by atoms with Crippen molar-refractivity contribution in [1.29, 1.82) is 0 Å². The van der Waals surface area contributed by atoms with Gasteiger partial charge in [0.25, 0.3) is 0 Å². The molecule has 0 amide bonds. The third-order valence-corrected chi connectivity index (χ3v) is 2.99. The van der Waals surface area contributed by atoms with Gasteiger partial charge in [-0.25, -0.2) is 8.42 Å². The Bertz CT molecular complexity index is 642. The molecule has 0 aliphatic heterocycles. The molecule has 0 atom stereocenters. The van der Waals surface area contributed by atoms with Crippen LogP contribution in [0.2, 0.25) is 0 Å². The highest BCUT2D eigenvalue weighted by Gasteiger charge is 2.02. The summed E-state index contributed by atoms with van der Waals surface area (Å²) in [6.07, 6.45) is 4.63. The first-order valence-corrected chi connectivity index (χ1v) is 7.63. The second kappa shape index (κ2) is 5.71. The van der Waals surface area contributed by atoms with Crippen molar-refractivity contribution in [1.82, 2.24) is 4.98 Å². The maximum atomic E-state index is 11.2. The number of benzene rings is 1. The van der Waals surface area contributed by atoms with Crippen LogP contribution in [-0.2, 0) is 16.6 Å². The van der Waals surface area contributed by atoms with Crippen LogP contribution in [0.5, 0.6) is 0 Å². The quantitative estimate of drug-likeness (QED) is 0.877. The molecule has 0 aliphatic rings. The zero-order valence-corrected chi connectivity index (χ0v) is 11.3. The maximum absolute atomic E-state index is 11.2. The summed E-state index contributed by atoms with van der Waals surface area (Å²) in [5.74, 6) is 0. The number of hydrogen-bond acceptors (Lipinski definition) is 4. The fraction of sp³-hybridized carbons (Fsp3) is 0.154. The lowest BCUT2D eigenvalue weighted by atomic mass is 10.2. The standard InChI is InChI=1S/C13H15N3O2S/c1-19(17,18)16-13-6-2-5-12(8-13)15-10-11-4-3-7-14-9-11/h2-9,15-16H,10H2,1H3. The molecule has 19 heavy (non-hydrogen) atoms. The lowest BCUT2D eigenvalue weighted by molar-refractivity contribution is 0.607. The Kier molecular flexibility index (Phi) is 4.01. The van der Waals surface area contributed by atoms with Crippen molar-refractivity contribution in [3.63, 3.8) is 0 Å². The molecule has 0 saturated heterocycles. The number of pyridine rings is 1. The van der Waals surface area contributed by atoms with Crippen LogP contribution < -0.4 is 10.0 Å². The number of anilines is 2. The number of nitrogens with zero attached hydrogens (tertiary/aromatic N) is 1. The molecular weight excluding hydrogens is 262 g/mol. The Morgan fingerprint density at radius 3 is 2.63 bits per heavy atom. The minimum Gasteiger partial charge on any atom is -0.381 e. The van der Waals surface area contributed by atoms with Crippen molar-refractivity contribution in [2.24, 2.45) is 0 Å². The van der Waals surface area contributed by atoms with Crippen molar-refractivity contribution in [2.75, 3.05) is 16.3 Å². The van der Waals surface area contributed by atoms with Gasteiger partial charge in [0.1, 0.15) is 0 Å². The predicted octanol–water partition coefficient (Wildman–Crippen LogP) is 2.07. The Balaban J connectivity index is 2.03. The molecule has 2 aromatic rings. The average Bonchev–Trinajstić information content (AvgIpc) is 2.36. The van der Waals surface area contributed by atoms with Crippen LogP contribution in [0.1, 0.15) is 5.56 Å². The summed E-state index contributed by atoms with van der Waals surface area (Å²) in [6.45, 7) is 0.635. The molecule has 0 spiro atoms. The molecule has 6 heteroatoms. The molecule has 0 radical (unpaired) electrons. The molecule has 1 aromatic heterocycles. The highest BCUT2D eigenvalue weighted by atomic mass is 32.2. The van der Waals surface area contributed by atoms with Crippen LogP contribution in [0.25, 0.3) is 0 Å². The summed E-state index contributed by atoms with van der Waals surface area (Å²) in [6, 6.07) is 11.0. The number of aromatic nitrogens is 1. The molecule has 100 valence electrons. The average molecular weight is 277 g/mol. The second-order valence-electron chi connectivity index (χ2n) is 4.17. The van der Waals surface area contributed by atoms with E-state index in [9.17, 15) is 8.42 Å². The monoisotopic (exact) mass is 277 g/mol. The Morgan fingerprint density at radius 1 is 1.16 bits per heavy atom. The van der Waals surface area contributed by atoms with Crippen molar-refractivity contribution in [3.05, 3.63) is 54.4 Å². The van der Waals surface area contributed by atoms with Crippen molar-refractivity contribution in [2.45, 2.75) is 6.54 Å². The SMILES string of the molecule is CS(=O)(=O)Nc1cccc(NCc2cccnc2)c1. The summed E-state index contributed by atoms with van der Waals surface area (Å²) < 4.78 is 24.7. The van der Waals surface area contributed by atoms with Crippen LogP contribution in [0.4, 0.5) is 11.4 Å². The molecule has 2 rings (SSSR count). The van der Waals surface area contributed by atoms with E-state index in [-0.39, 0.29) is 0 Å². The van der Waals surface area contributed by atoms with Crippen LogP contribution in [-0.4, -0.2) is 19.7 Å². The Hall–Kier alpha value is -2.08. The van der Waals surface area contributed by atoms with Gasteiger partial charge in [-0.15, -0.1) is 0 Å². The molecule has 1 heterocycles. The highest BCUT2D eigenvalue weighted by molar-refractivity contribution is 7.92. The van der Waals surface area contributed by atoms with E-state index in [4.69, 9.17) is 0 Å². The normalized spacial score (nSPS) is 11.0. The van der Waals surface area contributed by atoms with Crippen LogP contribution in [0, 0.1) is 0 Å². The van der Waals surface area contributed by atoms with E-state index in [0.29, 0.717) is 12.2 Å². The summed E-state index contributed by atoms with van der Waals surface area (Å²) in [4.78, 5) is 4.03. The van der Waals surface area contributed by atoms with Gasteiger partial charge in [-0.1, -0.05) is 12.1 Å². The van der Waals surface area contributed by atoms with E-state index in [1.165, 1.54) is 0 Å². The largest absolute Gasteiger partial charge is 0.381 e.